The van der Waals surface area contributed by atoms with Gasteiger partial charge >= 0.3 is 0 Å². The van der Waals surface area contributed by atoms with Crippen molar-refractivity contribution in [3.8, 4) is 5.75 Å². The molecule has 2 aromatic rings. The molecule has 1 aliphatic heterocycles. The predicted octanol–water partition coefficient (Wildman–Crippen LogP) is 1.49. The number of amides is 1. The van der Waals surface area contributed by atoms with E-state index < -0.39 is 11.5 Å². The van der Waals surface area contributed by atoms with Gasteiger partial charge in [-0.25, -0.2) is 0 Å². The second kappa shape index (κ2) is 8.37. The lowest BCUT2D eigenvalue weighted by Crippen LogP contribution is -2.43. The largest absolute Gasteiger partial charge is 0.493 e. The molecule has 0 saturated carbocycles. The number of aromatic amines is 1. The zero-order chi connectivity index (χ0) is 21.2. The van der Waals surface area contributed by atoms with E-state index in [2.05, 4.69) is 10.3 Å². The average molecular weight is 415 g/mol. The topological polar surface area (TPSA) is 88.3 Å². The van der Waals surface area contributed by atoms with Crippen molar-refractivity contribution in [2.45, 2.75) is 46.6 Å². The third kappa shape index (κ3) is 5.23. The Hall–Kier alpha value is -2.67. The van der Waals surface area contributed by atoms with E-state index in [0.29, 0.717) is 9.20 Å². The molecule has 1 unspecified atom stereocenters. The molecule has 0 spiro atoms. The smallest absolute Gasteiger partial charge is 0.266 e. The highest BCUT2D eigenvalue weighted by Crippen LogP contribution is 2.25. The van der Waals surface area contributed by atoms with E-state index in [0.717, 1.165) is 36.3 Å². The van der Waals surface area contributed by atoms with E-state index in [1.807, 2.05) is 24.3 Å². The molecule has 2 N–H and O–H groups in total. The number of ether oxygens (including phenoxy) is 1. The van der Waals surface area contributed by atoms with Crippen molar-refractivity contribution in [1.82, 2.24) is 10.3 Å². The molecule has 29 heavy (non-hydrogen) atoms. The third-order valence-corrected chi connectivity index (χ3v) is 5.60. The minimum absolute atomic E-state index is 0.197. The molecule has 3 rings (SSSR count). The van der Waals surface area contributed by atoms with Crippen molar-refractivity contribution < 1.29 is 14.3 Å². The van der Waals surface area contributed by atoms with Crippen molar-refractivity contribution in [2.24, 2.45) is 5.41 Å². The van der Waals surface area contributed by atoms with Gasteiger partial charge in [0.2, 0.25) is 5.91 Å². The van der Waals surface area contributed by atoms with Crippen LogP contribution in [0.4, 0.5) is 0 Å². The van der Waals surface area contributed by atoms with Crippen molar-refractivity contribution in [2.75, 3.05) is 6.61 Å². The molecule has 0 radical (unpaired) electrons. The van der Waals surface area contributed by atoms with Crippen LogP contribution in [-0.2, 0) is 16.0 Å². The van der Waals surface area contributed by atoms with Gasteiger partial charge in [-0.05, 0) is 49.1 Å². The summed E-state index contributed by atoms with van der Waals surface area (Å²) in [7, 11) is 0. The summed E-state index contributed by atoms with van der Waals surface area (Å²) < 4.78 is 6.60. The molecule has 1 aromatic carbocycles. The maximum Gasteiger partial charge on any atom is 0.266 e. The Morgan fingerprint density at radius 2 is 2.07 bits per heavy atom. The summed E-state index contributed by atoms with van der Waals surface area (Å²) >= 11 is 1.22. The molecule has 0 bridgehead atoms. The van der Waals surface area contributed by atoms with Crippen LogP contribution in [0.1, 0.15) is 45.2 Å². The van der Waals surface area contributed by atoms with Gasteiger partial charge in [0.05, 0.1) is 21.8 Å². The molecule has 2 heterocycles. The number of hydrogen-bond donors (Lipinski definition) is 2. The molecule has 6 nitrogen and oxygen atoms in total. The Labute approximate surface area is 173 Å². The number of carbonyl (C=O) groups is 2. The summed E-state index contributed by atoms with van der Waals surface area (Å²) in [4.78, 5) is 39.5. The summed E-state index contributed by atoms with van der Waals surface area (Å²) in [5, 5.41) is 2.70. The molecule has 1 atom stereocenters. The highest BCUT2D eigenvalue weighted by atomic mass is 32.1. The summed E-state index contributed by atoms with van der Waals surface area (Å²) in [5.41, 5.74) is 1.25. The Morgan fingerprint density at radius 1 is 1.31 bits per heavy atom. The number of ketones is 1. The van der Waals surface area contributed by atoms with Gasteiger partial charge in [0.15, 0.2) is 5.78 Å². The zero-order valence-electron chi connectivity index (χ0n) is 17.1. The van der Waals surface area contributed by atoms with Crippen LogP contribution in [0.15, 0.2) is 23.0 Å². The maximum absolute atomic E-state index is 12.4. The Balaban J connectivity index is 1.82. The third-order valence-electron chi connectivity index (χ3n) is 4.64. The molecular weight excluding hydrogens is 388 g/mol. The molecule has 1 amide bonds. The van der Waals surface area contributed by atoms with Crippen LogP contribution < -0.4 is 24.8 Å². The van der Waals surface area contributed by atoms with Gasteiger partial charge in [0.1, 0.15) is 5.75 Å². The maximum atomic E-state index is 12.4. The normalized spacial score (nSPS) is 16.1. The number of aryl methyl sites for hydroxylation is 1. The van der Waals surface area contributed by atoms with Gasteiger partial charge in [-0.2, -0.15) is 0 Å². The number of thiazole rings is 1. The second-order valence-electron chi connectivity index (χ2n) is 8.24. The fraction of sp³-hybridized carbons (Fsp3) is 0.409. The molecular formula is C22H26N2O4S. The fourth-order valence-corrected chi connectivity index (χ4v) is 3.78. The summed E-state index contributed by atoms with van der Waals surface area (Å²) in [5.74, 6) is 0.439. The molecule has 1 aliphatic rings. The number of benzene rings is 1. The monoisotopic (exact) mass is 414 g/mol. The van der Waals surface area contributed by atoms with Crippen LogP contribution in [0.2, 0.25) is 0 Å². The predicted molar refractivity (Wildman–Crippen MR) is 115 cm³/mol. The summed E-state index contributed by atoms with van der Waals surface area (Å²) in [6.45, 7) is 7.73. The quantitative estimate of drug-likeness (QED) is 0.794. The van der Waals surface area contributed by atoms with Crippen LogP contribution in [0.25, 0.3) is 12.2 Å². The Morgan fingerprint density at radius 3 is 2.79 bits per heavy atom. The first-order valence-electron chi connectivity index (χ1n) is 9.66. The SMILES string of the molecule is CC(NC(=O)C(C)(C)C)C(=O)/C=c1\[nH]c(=O)/c(=C/c2ccc3c(c2)CCCO3)s1. The van der Waals surface area contributed by atoms with E-state index in [4.69, 9.17) is 4.74 Å². The molecule has 0 aliphatic carbocycles. The van der Waals surface area contributed by atoms with Crippen LogP contribution in [0.5, 0.6) is 5.75 Å². The number of carbonyl (C=O) groups excluding carboxylic acids is 2. The molecule has 0 saturated heterocycles. The molecule has 0 fully saturated rings. The molecule has 7 heteroatoms. The van der Waals surface area contributed by atoms with Gasteiger partial charge in [-0.1, -0.05) is 26.8 Å². The van der Waals surface area contributed by atoms with Gasteiger partial charge < -0.3 is 15.0 Å². The average Bonchev–Trinajstić information content (AvgIpc) is 2.99. The van der Waals surface area contributed by atoms with E-state index in [9.17, 15) is 14.4 Å². The Bertz CT molecular complexity index is 1110. The fourth-order valence-electron chi connectivity index (χ4n) is 2.88. The lowest BCUT2D eigenvalue weighted by Gasteiger charge is -2.20. The zero-order valence-corrected chi connectivity index (χ0v) is 17.9. The molecule has 1 aromatic heterocycles. The summed E-state index contributed by atoms with van der Waals surface area (Å²) in [6, 6.07) is 5.22. The van der Waals surface area contributed by atoms with Crippen LogP contribution in [-0.4, -0.2) is 29.3 Å². The van der Waals surface area contributed by atoms with E-state index in [-0.39, 0.29) is 17.2 Å². The van der Waals surface area contributed by atoms with Gasteiger partial charge in [-0.15, -0.1) is 11.3 Å². The van der Waals surface area contributed by atoms with Crippen LogP contribution in [0, 0.1) is 5.41 Å². The van der Waals surface area contributed by atoms with Crippen molar-refractivity contribution in [1.29, 1.82) is 0 Å². The number of nitrogens with one attached hydrogen (secondary N) is 2. The van der Waals surface area contributed by atoms with Crippen LogP contribution >= 0.6 is 11.3 Å². The Kier molecular flexibility index (Phi) is 6.07. The number of fused-ring (bicyclic) bond motifs is 1. The lowest BCUT2D eigenvalue weighted by molar-refractivity contribution is -0.131. The van der Waals surface area contributed by atoms with Gasteiger partial charge in [-0.3, -0.25) is 14.4 Å². The number of H-pyrrole nitrogens is 1. The van der Waals surface area contributed by atoms with Crippen molar-refractivity contribution in [3.05, 3.63) is 48.9 Å². The minimum Gasteiger partial charge on any atom is -0.493 e. The highest BCUT2D eigenvalue weighted by molar-refractivity contribution is 7.07. The van der Waals surface area contributed by atoms with Crippen LogP contribution in [0.3, 0.4) is 0 Å². The van der Waals surface area contributed by atoms with Gasteiger partial charge in [0.25, 0.3) is 5.56 Å². The number of rotatable bonds is 4. The van der Waals surface area contributed by atoms with Gasteiger partial charge in [0, 0.05) is 11.5 Å². The first kappa shape index (κ1) is 21.0. The number of Topliss-reactive ketones (excluding diaryl/α,β-unsaturated/α-hetero) is 1. The summed E-state index contributed by atoms with van der Waals surface area (Å²) in [6.07, 6.45) is 5.13. The second-order valence-corrected chi connectivity index (χ2v) is 9.32. The van der Waals surface area contributed by atoms with Crippen molar-refractivity contribution >= 4 is 35.2 Å². The minimum atomic E-state index is -0.666. The number of hydrogen-bond acceptors (Lipinski definition) is 5. The van der Waals surface area contributed by atoms with E-state index >= 15 is 0 Å². The van der Waals surface area contributed by atoms with Crippen molar-refractivity contribution in [3.63, 3.8) is 0 Å². The van der Waals surface area contributed by atoms with E-state index in [1.165, 1.54) is 17.4 Å². The standard InChI is InChI=1S/C22H26N2O4S/c1-13(23-21(27)22(2,3)4)16(25)12-19-24-20(26)18(29-19)11-14-7-8-17-15(10-14)6-5-9-28-17/h7-8,10-13H,5-6,9H2,1-4H3,(H,23,27)(H,24,26)/b18-11-,19-12+. The number of aromatic nitrogens is 1. The highest BCUT2D eigenvalue weighted by Gasteiger charge is 2.24. The van der Waals surface area contributed by atoms with E-state index in [1.54, 1.807) is 27.7 Å². The molecule has 154 valence electrons. The first-order valence-corrected chi connectivity index (χ1v) is 10.5. The lowest BCUT2D eigenvalue weighted by atomic mass is 9.95. The first-order chi connectivity index (χ1) is 13.6.